The molecule has 0 saturated carbocycles. The Balaban J connectivity index is 2.41. The molecule has 0 aromatic heterocycles. The lowest BCUT2D eigenvalue weighted by molar-refractivity contribution is 0.280. The molecular weight excluding hydrogens is 304 g/mol. The average Bonchev–Trinajstić information content (AvgIpc) is 2.47. The van der Waals surface area contributed by atoms with Gasteiger partial charge in [-0.1, -0.05) is 0 Å². The van der Waals surface area contributed by atoms with Crippen LogP contribution < -0.4 is 0 Å². The van der Waals surface area contributed by atoms with Gasteiger partial charge in [0, 0.05) is 0 Å². The number of nitrogens with zero attached hydrogens (tertiary/aromatic N) is 2. The summed E-state index contributed by atoms with van der Waals surface area (Å²) in [6.45, 7) is -1.14. The SMILES string of the molecule is OCc1cc(F)c(N=Nc2c(F)cc(CO)cc2F)c(F)c1. The summed E-state index contributed by atoms with van der Waals surface area (Å²) in [5, 5.41) is 24.0. The molecule has 0 aliphatic heterocycles. The van der Waals surface area contributed by atoms with E-state index in [1.165, 1.54) is 0 Å². The summed E-state index contributed by atoms with van der Waals surface area (Å²) in [7, 11) is 0. The standard InChI is InChI=1S/C14H10F4N2O2/c15-9-1-7(5-21)2-10(16)13(9)19-20-14-11(17)3-8(6-22)4-12(14)18/h1-4,21-22H,5-6H2. The smallest absolute Gasteiger partial charge is 0.157 e. The van der Waals surface area contributed by atoms with Gasteiger partial charge in [0.05, 0.1) is 13.2 Å². The van der Waals surface area contributed by atoms with E-state index in [0.29, 0.717) is 0 Å². The highest BCUT2D eigenvalue weighted by Gasteiger charge is 2.13. The minimum absolute atomic E-state index is 0.0152. The highest BCUT2D eigenvalue weighted by Crippen LogP contribution is 2.29. The monoisotopic (exact) mass is 314 g/mol. The molecule has 0 spiro atoms. The Morgan fingerprint density at radius 3 is 1.14 bits per heavy atom. The molecule has 0 amide bonds. The summed E-state index contributed by atoms with van der Waals surface area (Å²) >= 11 is 0. The molecule has 0 atom stereocenters. The lowest BCUT2D eigenvalue weighted by atomic mass is 10.2. The second-order valence-electron chi connectivity index (χ2n) is 4.33. The van der Waals surface area contributed by atoms with E-state index in [1.807, 2.05) is 0 Å². The molecule has 116 valence electrons. The van der Waals surface area contributed by atoms with E-state index >= 15 is 0 Å². The van der Waals surface area contributed by atoms with Crippen LogP contribution in [0.4, 0.5) is 28.9 Å². The van der Waals surface area contributed by atoms with E-state index < -0.39 is 47.9 Å². The van der Waals surface area contributed by atoms with Crippen molar-refractivity contribution in [2.24, 2.45) is 10.2 Å². The Hall–Kier alpha value is -2.32. The maximum Gasteiger partial charge on any atom is 0.157 e. The van der Waals surface area contributed by atoms with Gasteiger partial charge >= 0.3 is 0 Å². The fourth-order valence-corrected chi connectivity index (χ4v) is 1.71. The molecule has 0 unspecified atom stereocenters. The van der Waals surface area contributed by atoms with E-state index in [-0.39, 0.29) is 11.1 Å². The van der Waals surface area contributed by atoms with Crippen molar-refractivity contribution in [3.8, 4) is 0 Å². The Bertz CT molecular complexity index is 627. The van der Waals surface area contributed by atoms with Crippen LogP contribution in [0, 0.1) is 23.3 Å². The van der Waals surface area contributed by atoms with Gasteiger partial charge in [0.25, 0.3) is 0 Å². The van der Waals surface area contributed by atoms with Crippen LogP contribution in [-0.4, -0.2) is 10.2 Å². The topological polar surface area (TPSA) is 65.2 Å². The van der Waals surface area contributed by atoms with Crippen molar-refractivity contribution in [1.82, 2.24) is 0 Å². The third-order valence-electron chi connectivity index (χ3n) is 2.77. The first-order valence-electron chi connectivity index (χ1n) is 6.05. The van der Waals surface area contributed by atoms with Crippen molar-refractivity contribution in [2.75, 3.05) is 0 Å². The lowest BCUT2D eigenvalue weighted by Crippen LogP contribution is -1.91. The van der Waals surface area contributed by atoms with Crippen LogP contribution in [0.25, 0.3) is 0 Å². The number of halogens is 4. The zero-order valence-corrected chi connectivity index (χ0v) is 11.0. The molecule has 2 rings (SSSR count). The molecule has 2 N–H and O–H groups in total. The lowest BCUT2D eigenvalue weighted by Gasteiger charge is -2.03. The third kappa shape index (κ3) is 3.29. The Kier molecular flexibility index (Phi) is 4.84. The minimum atomic E-state index is -1.12. The second kappa shape index (κ2) is 6.63. The number of aliphatic hydroxyl groups excluding tert-OH is 2. The average molecular weight is 314 g/mol. The van der Waals surface area contributed by atoms with E-state index in [2.05, 4.69) is 10.2 Å². The number of benzene rings is 2. The first-order valence-corrected chi connectivity index (χ1v) is 6.05. The predicted molar refractivity (Wildman–Crippen MR) is 68.7 cm³/mol. The van der Waals surface area contributed by atoms with Gasteiger partial charge in [-0.05, 0) is 35.4 Å². The quantitative estimate of drug-likeness (QED) is 0.668. The number of aliphatic hydroxyl groups is 2. The number of rotatable bonds is 4. The van der Waals surface area contributed by atoms with Gasteiger partial charge in [-0.2, -0.15) is 0 Å². The highest BCUT2D eigenvalue weighted by atomic mass is 19.1. The maximum absolute atomic E-state index is 13.6. The summed E-state index contributed by atoms with van der Waals surface area (Å²) in [4.78, 5) is 0. The van der Waals surface area contributed by atoms with Crippen molar-refractivity contribution in [1.29, 1.82) is 0 Å². The molecule has 2 aromatic carbocycles. The van der Waals surface area contributed by atoms with E-state index in [9.17, 15) is 17.6 Å². The number of azo groups is 1. The van der Waals surface area contributed by atoms with Gasteiger partial charge in [-0.3, -0.25) is 0 Å². The Morgan fingerprint density at radius 2 is 0.909 bits per heavy atom. The molecule has 0 heterocycles. The summed E-state index contributed by atoms with van der Waals surface area (Å²) in [5.41, 5.74) is -1.69. The van der Waals surface area contributed by atoms with E-state index in [0.717, 1.165) is 24.3 Å². The van der Waals surface area contributed by atoms with Crippen molar-refractivity contribution >= 4 is 11.4 Å². The third-order valence-corrected chi connectivity index (χ3v) is 2.77. The molecule has 4 nitrogen and oxygen atoms in total. The first kappa shape index (κ1) is 16.1. The van der Waals surface area contributed by atoms with Crippen molar-refractivity contribution in [3.05, 3.63) is 58.7 Å². The van der Waals surface area contributed by atoms with Gasteiger partial charge in [0.15, 0.2) is 34.6 Å². The fourth-order valence-electron chi connectivity index (χ4n) is 1.71. The number of hydrogen-bond donors (Lipinski definition) is 2. The molecule has 0 aliphatic carbocycles. The largest absolute Gasteiger partial charge is 0.392 e. The Morgan fingerprint density at radius 1 is 0.636 bits per heavy atom. The predicted octanol–water partition coefficient (Wildman–Crippen LogP) is 3.64. The second-order valence-corrected chi connectivity index (χ2v) is 4.33. The summed E-state index contributed by atoms with van der Waals surface area (Å²) < 4.78 is 54.4. The van der Waals surface area contributed by atoms with Crippen LogP contribution in [0.2, 0.25) is 0 Å². The highest BCUT2D eigenvalue weighted by molar-refractivity contribution is 5.45. The molecule has 0 radical (unpaired) electrons. The van der Waals surface area contributed by atoms with Gasteiger partial charge in [0.2, 0.25) is 0 Å². The normalized spacial score (nSPS) is 11.4. The number of hydrogen-bond acceptors (Lipinski definition) is 4. The minimum Gasteiger partial charge on any atom is -0.392 e. The summed E-state index contributed by atoms with van der Waals surface area (Å²) in [6, 6.07) is 3.33. The molecule has 0 bridgehead atoms. The van der Waals surface area contributed by atoms with Gasteiger partial charge < -0.3 is 10.2 Å². The zero-order valence-electron chi connectivity index (χ0n) is 11.0. The molecule has 0 saturated heterocycles. The van der Waals surface area contributed by atoms with Crippen molar-refractivity contribution in [2.45, 2.75) is 13.2 Å². The van der Waals surface area contributed by atoms with Gasteiger partial charge in [-0.15, -0.1) is 10.2 Å². The summed E-state index contributed by atoms with van der Waals surface area (Å²) in [5.74, 6) is -4.50. The van der Waals surface area contributed by atoms with Gasteiger partial charge in [-0.25, -0.2) is 17.6 Å². The van der Waals surface area contributed by atoms with Crippen LogP contribution in [0.15, 0.2) is 34.5 Å². The zero-order chi connectivity index (χ0) is 16.3. The summed E-state index contributed by atoms with van der Waals surface area (Å²) in [6.07, 6.45) is 0. The molecule has 0 aliphatic rings. The van der Waals surface area contributed by atoms with Crippen molar-refractivity contribution in [3.63, 3.8) is 0 Å². The molecule has 2 aromatic rings. The molecule has 0 fully saturated rings. The maximum atomic E-state index is 13.6. The van der Waals surface area contributed by atoms with Crippen LogP contribution >= 0.6 is 0 Å². The van der Waals surface area contributed by atoms with Crippen LogP contribution in [0.1, 0.15) is 11.1 Å². The molecular formula is C14H10F4N2O2. The van der Waals surface area contributed by atoms with Crippen LogP contribution in [0.5, 0.6) is 0 Å². The van der Waals surface area contributed by atoms with Crippen LogP contribution in [-0.2, 0) is 13.2 Å². The van der Waals surface area contributed by atoms with E-state index in [4.69, 9.17) is 10.2 Å². The van der Waals surface area contributed by atoms with Crippen LogP contribution in [0.3, 0.4) is 0 Å². The Labute approximate surface area is 122 Å². The van der Waals surface area contributed by atoms with Crippen molar-refractivity contribution < 1.29 is 27.8 Å². The van der Waals surface area contributed by atoms with E-state index in [1.54, 1.807) is 0 Å². The van der Waals surface area contributed by atoms with Gasteiger partial charge in [0.1, 0.15) is 0 Å². The first-order chi connectivity index (χ1) is 10.5. The molecule has 8 heteroatoms. The fraction of sp³-hybridized carbons (Fsp3) is 0.143. The molecule has 22 heavy (non-hydrogen) atoms.